The van der Waals surface area contributed by atoms with Gasteiger partial charge in [0.25, 0.3) is 0 Å². The van der Waals surface area contributed by atoms with E-state index >= 15 is 0 Å². The summed E-state index contributed by atoms with van der Waals surface area (Å²) in [6, 6.07) is -0.506. The van der Waals surface area contributed by atoms with Gasteiger partial charge in [0, 0.05) is 12.5 Å². The van der Waals surface area contributed by atoms with Crippen molar-refractivity contribution in [2.75, 3.05) is 13.7 Å². The number of hydrogen-bond acceptors (Lipinski definition) is 5. The number of carbonyl (C=O) groups excluding carboxylic acids is 1. The summed E-state index contributed by atoms with van der Waals surface area (Å²) in [5.74, 6) is 0.185. The van der Waals surface area contributed by atoms with Gasteiger partial charge in [-0.3, -0.25) is 0 Å². The SMILES string of the molecule is COC(=O)C1COC(CC(C)N)=N1. The fourth-order valence-electron chi connectivity index (χ4n) is 1.07. The van der Waals surface area contributed by atoms with Crippen LogP contribution in [0.5, 0.6) is 0 Å². The van der Waals surface area contributed by atoms with Gasteiger partial charge >= 0.3 is 5.97 Å². The van der Waals surface area contributed by atoms with E-state index in [0.29, 0.717) is 12.3 Å². The second-order valence-electron chi connectivity index (χ2n) is 3.05. The minimum atomic E-state index is -0.501. The molecular weight excluding hydrogens is 172 g/mol. The highest BCUT2D eigenvalue weighted by Gasteiger charge is 2.26. The topological polar surface area (TPSA) is 73.9 Å². The summed E-state index contributed by atoms with van der Waals surface area (Å²) in [6.45, 7) is 2.13. The average Bonchev–Trinajstić information content (AvgIpc) is 2.50. The lowest BCUT2D eigenvalue weighted by atomic mass is 10.2. The molecule has 2 N–H and O–H groups in total. The number of aliphatic imine (C=N–C) groups is 1. The molecule has 2 unspecified atom stereocenters. The Bertz CT molecular complexity index is 225. The molecule has 0 aromatic rings. The first-order valence-electron chi connectivity index (χ1n) is 4.16. The van der Waals surface area contributed by atoms with Crippen LogP contribution in [0.25, 0.3) is 0 Å². The standard InChI is InChI=1S/C8H14N2O3/c1-5(9)3-7-10-6(4-13-7)8(11)12-2/h5-6H,3-4,9H2,1-2H3. The predicted octanol–water partition coefficient (Wildman–Crippen LogP) is -0.306. The molecule has 1 rings (SSSR count). The van der Waals surface area contributed by atoms with Crippen molar-refractivity contribution in [3.05, 3.63) is 0 Å². The molecule has 1 aliphatic heterocycles. The van der Waals surface area contributed by atoms with E-state index in [4.69, 9.17) is 10.5 Å². The molecule has 0 aliphatic carbocycles. The Kier molecular flexibility index (Phi) is 3.25. The molecule has 5 nitrogen and oxygen atoms in total. The number of esters is 1. The first-order chi connectivity index (χ1) is 6.13. The van der Waals surface area contributed by atoms with Gasteiger partial charge in [-0.15, -0.1) is 0 Å². The van der Waals surface area contributed by atoms with E-state index in [1.54, 1.807) is 0 Å². The zero-order valence-electron chi connectivity index (χ0n) is 7.82. The Morgan fingerprint density at radius 3 is 3.15 bits per heavy atom. The van der Waals surface area contributed by atoms with Crippen molar-refractivity contribution >= 4 is 11.9 Å². The zero-order valence-corrected chi connectivity index (χ0v) is 7.82. The Hall–Kier alpha value is -1.10. The van der Waals surface area contributed by atoms with Gasteiger partial charge in [-0.05, 0) is 6.92 Å². The first-order valence-corrected chi connectivity index (χ1v) is 4.16. The fourth-order valence-corrected chi connectivity index (χ4v) is 1.07. The van der Waals surface area contributed by atoms with Crippen molar-refractivity contribution in [3.63, 3.8) is 0 Å². The van der Waals surface area contributed by atoms with Gasteiger partial charge < -0.3 is 15.2 Å². The summed E-state index contributed by atoms with van der Waals surface area (Å²) >= 11 is 0. The third-order valence-electron chi connectivity index (χ3n) is 1.68. The van der Waals surface area contributed by atoms with Crippen LogP contribution in [0.15, 0.2) is 4.99 Å². The molecule has 0 aromatic heterocycles. The quantitative estimate of drug-likeness (QED) is 0.614. The van der Waals surface area contributed by atoms with Gasteiger partial charge in [0.2, 0.25) is 0 Å². The van der Waals surface area contributed by atoms with Crippen LogP contribution in [0.3, 0.4) is 0 Å². The molecule has 0 bridgehead atoms. The lowest BCUT2D eigenvalue weighted by Gasteiger charge is -2.02. The summed E-state index contributed by atoms with van der Waals surface area (Å²) < 4.78 is 9.70. The molecule has 74 valence electrons. The largest absolute Gasteiger partial charge is 0.478 e. The highest BCUT2D eigenvalue weighted by molar-refractivity contribution is 5.85. The molecule has 0 saturated carbocycles. The highest BCUT2D eigenvalue weighted by Crippen LogP contribution is 2.09. The molecule has 0 fully saturated rings. The fraction of sp³-hybridized carbons (Fsp3) is 0.750. The average molecular weight is 186 g/mol. The Labute approximate surface area is 76.9 Å². The van der Waals surface area contributed by atoms with Crippen LogP contribution in [0.1, 0.15) is 13.3 Å². The Balaban J connectivity index is 2.48. The maximum absolute atomic E-state index is 11.0. The van der Waals surface area contributed by atoms with Crippen molar-refractivity contribution in [2.45, 2.75) is 25.4 Å². The lowest BCUT2D eigenvalue weighted by molar-refractivity contribution is -0.142. The van der Waals surface area contributed by atoms with Crippen molar-refractivity contribution in [1.82, 2.24) is 0 Å². The Morgan fingerprint density at radius 2 is 2.62 bits per heavy atom. The minimum Gasteiger partial charge on any atom is -0.478 e. The smallest absolute Gasteiger partial charge is 0.334 e. The second-order valence-corrected chi connectivity index (χ2v) is 3.05. The normalized spacial score (nSPS) is 23.3. The van der Waals surface area contributed by atoms with E-state index in [1.165, 1.54) is 7.11 Å². The van der Waals surface area contributed by atoms with Crippen LogP contribution in [0, 0.1) is 0 Å². The van der Waals surface area contributed by atoms with E-state index in [-0.39, 0.29) is 18.6 Å². The van der Waals surface area contributed by atoms with Crippen LogP contribution in [0.4, 0.5) is 0 Å². The van der Waals surface area contributed by atoms with E-state index in [1.807, 2.05) is 6.92 Å². The van der Waals surface area contributed by atoms with Crippen molar-refractivity contribution in [2.24, 2.45) is 10.7 Å². The molecule has 0 amide bonds. The van der Waals surface area contributed by atoms with Crippen LogP contribution >= 0.6 is 0 Å². The highest BCUT2D eigenvalue weighted by atomic mass is 16.5. The molecule has 0 saturated heterocycles. The van der Waals surface area contributed by atoms with Gasteiger partial charge in [-0.25, -0.2) is 9.79 Å². The molecule has 0 aromatic carbocycles. The summed E-state index contributed by atoms with van der Waals surface area (Å²) in [5, 5.41) is 0. The van der Waals surface area contributed by atoms with Gasteiger partial charge in [-0.2, -0.15) is 0 Å². The summed E-state index contributed by atoms with van der Waals surface area (Å²) in [6.07, 6.45) is 0.563. The van der Waals surface area contributed by atoms with Crippen LogP contribution in [-0.2, 0) is 14.3 Å². The monoisotopic (exact) mass is 186 g/mol. The summed E-state index contributed by atoms with van der Waals surface area (Å²) in [7, 11) is 1.33. The van der Waals surface area contributed by atoms with E-state index in [9.17, 15) is 4.79 Å². The van der Waals surface area contributed by atoms with Crippen molar-refractivity contribution in [3.8, 4) is 0 Å². The number of methoxy groups -OCH3 is 1. The first kappa shape index (κ1) is 9.98. The summed E-state index contributed by atoms with van der Waals surface area (Å²) in [4.78, 5) is 15.0. The number of rotatable bonds is 3. The maximum Gasteiger partial charge on any atom is 0.334 e. The van der Waals surface area contributed by atoms with Gasteiger partial charge in [0.1, 0.15) is 6.61 Å². The molecule has 0 spiro atoms. The third-order valence-corrected chi connectivity index (χ3v) is 1.68. The summed E-state index contributed by atoms with van der Waals surface area (Å²) in [5.41, 5.74) is 5.55. The zero-order chi connectivity index (χ0) is 9.84. The predicted molar refractivity (Wildman–Crippen MR) is 47.5 cm³/mol. The molecule has 2 atom stereocenters. The molecule has 13 heavy (non-hydrogen) atoms. The van der Waals surface area contributed by atoms with Crippen LogP contribution in [-0.4, -0.2) is 37.7 Å². The van der Waals surface area contributed by atoms with Gasteiger partial charge in [-0.1, -0.05) is 0 Å². The van der Waals surface area contributed by atoms with Crippen molar-refractivity contribution < 1.29 is 14.3 Å². The number of nitrogens with zero attached hydrogens (tertiary/aromatic N) is 1. The van der Waals surface area contributed by atoms with Crippen LogP contribution in [0.2, 0.25) is 0 Å². The molecule has 1 aliphatic rings. The van der Waals surface area contributed by atoms with Gasteiger partial charge in [0.05, 0.1) is 7.11 Å². The van der Waals surface area contributed by atoms with E-state index in [0.717, 1.165) is 0 Å². The number of nitrogens with two attached hydrogens (primary N) is 1. The molecule has 1 heterocycles. The number of ether oxygens (including phenoxy) is 2. The lowest BCUT2D eigenvalue weighted by Crippen LogP contribution is -2.21. The Morgan fingerprint density at radius 1 is 1.92 bits per heavy atom. The molecular formula is C8H14N2O3. The van der Waals surface area contributed by atoms with Crippen molar-refractivity contribution in [1.29, 1.82) is 0 Å². The minimum absolute atomic E-state index is 0.00449. The van der Waals surface area contributed by atoms with E-state index in [2.05, 4.69) is 9.73 Å². The number of carbonyl (C=O) groups is 1. The van der Waals surface area contributed by atoms with Gasteiger partial charge in [0.15, 0.2) is 11.9 Å². The second kappa shape index (κ2) is 4.23. The third kappa shape index (κ3) is 2.69. The maximum atomic E-state index is 11.0. The van der Waals surface area contributed by atoms with Crippen LogP contribution < -0.4 is 5.73 Å². The van der Waals surface area contributed by atoms with E-state index < -0.39 is 6.04 Å². The molecule has 0 radical (unpaired) electrons. The molecule has 5 heteroatoms. The number of hydrogen-bond donors (Lipinski definition) is 1.